The van der Waals surface area contributed by atoms with Gasteiger partial charge in [-0.3, -0.25) is 19.3 Å². The highest BCUT2D eigenvalue weighted by Crippen LogP contribution is 2.27. The number of nitrogens with zero attached hydrogens (tertiary/aromatic N) is 2. The predicted octanol–water partition coefficient (Wildman–Crippen LogP) is 2.87. The van der Waals surface area contributed by atoms with E-state index in [4.69, 9.17) is 4.74 Å². The van der Waals surface area contributed by atoms with E-state index >= 15 is 0 Å². The number of hydrogen-bond acceptors (Lipinski definition) is 4. The van der Waals surface area contributed by atoms with Crippen LogP contribution < -0.4 is 0 Å². The Morgan fingerprint density at radius 2 is 1.67 bits per heavy atom. The SMILES string of the molecule is O=C(c1ccc2c(c1)C(=O)N(CC1CCCO1)C2=O)N1CCCCCCC1. The highest BCUT2D eigenvalue weighted by Gasteiger charge is 2.38. The fourth-order valence-corrected chi connectivity index (χ4v) is 4.21. The second kappa shape index (κ2) is 7.80. The van der Waals surface area contributed by atoms with Gasteiger partial charge < -0.3 is 9.64 Å². The summed E-state index contributed by atoms with van der Waals surface area (Å²) in [7, 11) is 0. The van der Waals surface area contributed by atoms with E-state index in [1.807, 2.05) is 4.90 Å². The summed E-state index contributed by atoms with van der Waals surface area (Å²) in [5.74, 6) is -0.638. The number of carbonyl (C=O) groups excluding carboxylic acids is 3. The maximum atomic E-state index is 12.9. The molecule has 0 N–H and O–H groups in total. The molecule has 4 rings (SSSR count). The van der Waals surface area contributed by atoms with Gasteiger partial charge in [-0.15, -0.1) is 0 Å². The first-order valence-electron chi connectivity index (χ1n) is 10.1. The number of fused-ring (bicyclic) bond motifs is 1. The summed E-state index contributed by atoms with van der Waals surface area (Å²) in [4.78, 5) is 41.4. The Hall–Kier alpha value is -2.21. The zero-order valence-electron chi connectivity index (χ0n) is 15.6. The van der Waals surface area contributed by atoms with E-state index in [0.717, 1.165) is 51.6 Å². The number of carbonyl (C=O) groups is 3. The van der Waals surface area contributed by atoms with Crippen LogP contribution in [0, 0.1) is 0 Å². The molecule has 2 saturated heterocycles. The molecule has 3 aliphatic rings. The molecule has 1 atom stereocenters. The Balaban J connectivity index is 1.52. The Kier molecular flexibility index (Phi) is 5.25. The molecule has 2 fully saturated rings. The topological polar surface area (TPSA) is 66.9 Å². The summed E-state index contributed by atoms with van der Waals surface area (Å²) in [6, 6.07) is 4.91. The Labute approximate surface area is 159 Å². The van der Waals surface area contributed by atoms with Gasteiger partial charge in [0.05, 0.1) is 23.8 Å². The second-order valence-electron chi connectivity index (χ2n) is 7.68. The van der Waals surface area contributed by atoms with Gasteiger partial charge in [-0.05, 0) is 43.9 Å². The Bertz CT molecular complexity index is 747. The van der Waals surface area contributed by atoms with Gasteiger partial charge >= 0.3 is 0 Å². The molecule has 0 saturated carbocycles. The second-order valence-corrected chi connectivity index (χ2v) is 7.68. The quantitative estimate of drug-likeness (QED) is 0.768. The van der Waals surface area contributed by atoms with Gasteiger partial charge in [-0.2, -0.15) is 0 Å². The van der Waals surface area contributed by atoms with Crippen LogP contribution in [0.15, 0.2) is 18.2 Å². The molecule has 3 aliphatic heterocycles. The Morgan fingerprint density at radius 1 is 0.963 bits per heavy atom. The molecule has 3 amide bonds. The standard InChI is InChI=1S/C21H26N2O4/c24-19(22-10-4-2-1-3-5-11-22)15-8-9-17-18(13-15)21(26)23(20(17)25)14-16-7-6-12-27-16/h8-9,13,16H,1-7,10-12,14H2. The lowest BCUT2D eigenvalue weighted by atomic mass is 10.0. The minimum atomic E-state index is -0.312. The van der Waals surface area contributed by atoms with Gasteiger partial charge in [0.2, 0.25) is 0 Å². The van der Waals surface area contributed by atoms with Crippen LogP contribution >= 0.6 is 0 Å². The van der Waals surface area contributed by atoms with Crippen LogP contribution in [0.5, 0.6) is 0 Å². The van der Waals surface area contributed by atoms with Crippen LogP contribution in [0.4, 0.5) is 0 Å². The molecule has 0 aromatic heterocycles. The van der Waals surface area contributed by atoms with Gasteiger partial charge in [-0.25, -0.2) is 0 Å². The molecular weight excluding hydrogens is 344 g/mol. The third-order valence-corrected chi connectivity index (χ3v) is 5.77. The van der Waals surface area contributed by atoms with Crippen molar-refractivity contribution in [1.82, 2.24) is 9.80 Å². The van der Waals surface area contributed by atoms with Crippen LogP contribution in [-0.2, 0) is 4.74 Å². The van der Waals surface area contributed by atoms with E-state index in [1.165, 1.54) is 11.3 Å². The molecule has 6 heteroatoms. The number of benzene rings is 1. The number of imide groups is 1. The minimum absolute atomic E-state index is 0.0440. The van der Waals surface area contributed by atoms with Gasteiger partial charge in [0.1, 0.15) is 0 Å². The van der Waals surface area contributed by atoms with Crippen molar-refractivity contribution < 1.29 is 19.1 Å². The normalized spacial score (nSPS) is 23.3. The van der Waals surface area contributed by atoms with Gasteiger partial charge in [0.25, 0.3) is 17.7 Å². The largest absolute Gasteiger partial charge is 0.376 e. The lowest BCUT2D eigenvalue weighted by Crippen LogP contribution is -2.36. The lowest BCUT2D eigenvalue weighted by Gasteiger charge is -2.25. The van der Waals surface area contributed by atoms with Crippen LogP contribution in [0.25, 0.3) is 0 Å². The van der Waals surface area contributed by atoms with Crippen molar-refractivity contribution in [3.63, 3.8) is 0 Å². The first-order chi connectivity index (χ1) is 13.1. The summed E-state index contributed by atoms with van der Waals surface area (Å²) in [5.41, 5.74) is 1.23. The van der Waals surface area contributed by atoms with Gasteiger partial charge in [-0.1, -0.05) is 19.3 Å². The van der Waals surface area contributed by atoms with E-state index in [1.54, 1.807) is 18.2 Å². The smallest absolute Gasteiger partial charge is 0.261 e. The number of likely N-dealkylation sites (tertiary alicyclic amines) is 1. The molecule has 0 aliphatic carbocycles. The molecule has 0 spiro atoms. The van der Waals surface area contributed by atoms with E-state index in [2.05, 4.69) is 0 Å². The van der Waals surface area contributed by atoms with E-state index in [-0.39, 0.29) is 23.8 Å². The third-order valence-electron chi connectivity index (χ3n) is 5.77. The first kappa shape index (κ1) is 18.2. The van der Waals surface area contributed by atoms with Crippen molar-refractivity contribution in [2.75, 3.05) is 26.2 Å². The first-order valence-corrected chi connectivity index (χ1v) is 10.1. The van der Waals surface area contributed by atoms with Crippen molar-refractivity contribution in [3.05, 3.63) is 34.9 Å². The summed E-state index contributed by atoms with van der Waals surface area (Å²) >= 11 is 0. The summed E-state index contributed by atoms with van der Waals surface area (Å²) < 4.78 is 5.57. The molecule has 0 radical (unpaired) electrons. The van der Waals surface area contributed by atoms with Crippen LogP contribution in [-0.4, -0.2) is 59.9 Å². The number of hydrogen-bond donors (Lipinski definition) is 0. The van der Waals surface area contributed by atoms with Crippen molar-refractivity contribution >= 4 is 17.7 Å². The maximum Gasteiger partial charge on any atom is 0.261 e. The Morgan fingerprint density at radius 3 is 2.37 bits per heavy atom. The fraction of sp³-hybridized carbons (Fsp3) is 0.571. The van der Waals surface area contributed by atoms with Gasteiger partial charge in [0.15, 0.2) is 0 Å². The van der Waals surface area contributed by atoms with Crippen molar-refractivity contribution in [1.29, 1.82) is 0 Å². The van der Waals surface area contributed by atoms with Crippen molar-refractivity contribution in [3.8, 4) is 0 Å². The fourth-order valence-electron chi connectivity index (χ4n) is 4.21. The van der Waals surface area contributed by atoms with E-state index < -0.39 is 0 Å². The monoisotopic (exact) mass is 370 g/mol. The number of rotatable bonds is 3. The third kappa shape index (κ3) is 3.63. The summed E-state index contributed by atoms with van der Waals surface area (Å²) in [6.07, 6.45) is 7.33. The molecule has 1 unspecified atom stereocenters. The average molecular weight is 370 g/mol. The minimum Gasteiger partial charge on any atom is -0.376 e. The highest BCUT2D eigenvalue weighted by atomic mass is 16.5. The average Bonchev–Trinajstić information content (AvgIpc) is 3.24. The zero-order valence-corrected chi connectivity index (χ0v) is 15.6. The van der Waals surface area contributed by atoms with E-state index in [9.17, 15) is 14.4 Å². The molecule has 3 heterocycles. The zero-order chi connectivity index (χ0) is 18.8. The molecule has 27 heavy (non-hydrogen) atoms. The van der Waals surface area contributed by atoms with Crippen molar-refractivity contribution in [2.45, 2.75) is 51.0 Å². The molecule has 6 nitrogen and oxygen atoms in total. The van der Waals surface area contributed by atoms with Crippen molar-refractivity contribution in [2.24, 2.45) is 0 Å². The summed E-state index contributed by atoms with van der Waals surface area (Å²) in [6.45, 7) is 2.49. The molecule has 1 aromatic carbocycles. The maximum absolute atomic E-state index is 12.9. The molecular formula is C21H26N2O4. The summed E-state index contributed by atoms with van der Waals surface area (Å²) in [5, 5.41) is 0. The highest BCUT2D eigenvalue weighted by molar-refractivity contribution is 6.22. The van der Waals surface area contributed by atoms with Crippen LogP contribution in [0.3, 0.4) is 0 Å². The van der Waals surface area contributed by atoms with E-state index in [0.29, 0.717) is 29.8 Å². The number of amides is 3. The molecule has 0 bridgehead atoms. The van der Waals surface area contributed by atoms with Gasteiger partial charge in [0, 0.05) is 25.3 Å². The molecule has 1 aromatic rings. The molecule has 144 valence electrons. The van der Waals surface area contributed by atoms with Crippen LogP contribution in [0.1, 0.15) is 76.0 Å². The predicted molar refractivity (Wildman–Crippen MR) is 99.8 cm³/mol. The number of ether oxygens (including phenoxy) is 1. The van der Waals surface area contributed by atoms with Crippen LogP contribution in [0.2, 0.25) is 0 Å². The lowest BCUT2D eigenvalue weighted by molar-refractivity contribution is 0.0475.